The maximum Gasteiger partial charge on any atom is 0.416 e. The average molecular weight is 509 g/mol. The topological polar surface area (TPSA) is 49.3 Å². The average Bonchev–Trinajstić information content (AvgIpc) is 2.89. The van der Waals surface area contributed by atoms with Crippen molar-refractivity contribution in [3.05, 3.63) is 89.7 Å². The minimum absolute atomic E-state index is 0.145. The van der Waals surface area contributed by atoms with Gasteiger partial charge in [-0.15, -0.1) is 10.2 Å². The predicted molar refractivity (Wildman–Crippen MR) is 133 cm³/mol. The van der Waals surface area contributed by atoms with E-state index < -0.39 is 29.9 Å². The van der Waals surface area contributed by atoms with Gasteiger partial charge in [0.05, 0.1) is 12.0 Å². The molecular weight excluding hydrogens is 484 g/mol. The van der Waals surface area contributed by atoms with Crippen LogP contribution < -0.4 is 4.90 Å². The van der Waals surface area contributed by atoms with Crippen LogP contribution >= 0.6 is 0 Å². The van der Waals surface area contributed by atoms with Gasteiger partial charge in [-0.05, 0) is 24.6 Å². The van der Waals surface area contributed by atoms with Crippen molar-refractivity contribution < 1.29 is 22.4 Å². The number of fused-ring (bicyclic) bond motifs is 1. The number of halogens is 4. The molecule has 4 aromatic rings. The summed E-state index contributed by atoms with van der Waals surface area (Å²) in [5.74, 6) is -0.718. The lowest BCUT2D eigenvalue weighted by Gasteiger charge is -2.41. The van der Waals surface area contributed by atoms with E-state index in [9.17, 15) is 22.4 Å². The largest absolute Gasteiger partial charge is 0.416 e. The summed E-state index contributed by atoms with van der Waals surface area (Å²) in [4.78, 5) is 16.6. The van der Waals surface area contributed by atoms with Crippen LogP contribution in [0.5, 0.6) is 0 Å². The van der Waals surface area contributed by atoms with Gasteiger partial charge in [0, 0.05) is 42.0 Å². The number of rotatable bonds is 4. The number of piperazine rings is 1. The van der Waals surface area contributed by atoms with Gasteiger partial charge in [0.15, 0.2) is 5.82 Å². The van der Waals surface area contributed by atoms with E-state index in [1.165, 1.54) is 0 Å². The molecule has 0 spiro atoms. The second-order valence-electron chi connectivity index (χ2n) is 9.14. The van der Waals surface area contributed by atoms with E-state index in [2.05, 4.69) is 15.1 Å². The lowest BCUT2D eigenvalue weighted by atomic mass is 10.0. The molecule has 0 aliphatic carbocycles. The van der Waals surface area contributed by atoms with Crippen molar-refractivity contribution in [1.82, 2.24) is 15.1 Å². The summed E-state index contributed by atoms with van der Waals surface area (Å²) in [6.07, 6.45) is -5.19. The Morgan fingerprint density at radius 3 is 2.35 bits per heavy atom. The third-order valence-corrected chi connectivity index (χ3v) is 6.69. The number of hydrogen-bond acceptors (Lipinski definition) is 4. The molecule has 1 aliphatic rings. The minimum atomic E-state index is -4.74. The summed E-state index contributed by atoms with van der Waals surface area (Å²) in [6.45, 7) is 3.03. The number of anilines is 1. The highest BCUT2D eigenvalue weighted by atomic mass is 19.4. The van der Waals surface area contributed by atoms with Gasteiger partial charge in [-0.25, -0.2) is 4.39 Å². The number of carbonyl (C=O) groups is 1. The van der Waals surface area contributed by atoms with E-state index in [1.54, 1.807) is 4.90 Å². The van der Waals surface area contributed by atoms with Crippen molar-refractivity contribution in [2.24, 2.45) is 0 Å². The van der Waals surface area contributed by atoms with Crippen molar-refractivity contribution in [3.8, 4) is 11.3 Å². The van der Waals surface area contributed by atoms with Crippen LogP contribution in [-0.4, -0.2) is 46.7 Å². The zero-order chi connectivity index (χ0) is 26.2. The van der Waals surface area contributed by atoms with Crippen molar-refractivity contribution in [2.75, 3.05) is 24.5 Å². The molecule has 1 atom stereocenters. The van der Waals surface area contributed by atoms with Gasteiger partial charge >= 0.3 is 6.18 Å². The zero-order valence-electron chi connectivity index (χ0n) is 20.0. The summed E-state index contributed by atoms with van der Waals surface area (Å²) >= 11 is 0. The normalized spacial score (nSPS) is 16.3. The van der Waals surface area contributed by atoms with Crippen LogP contribution in [0.2, 0.25) is 0 Å². The lowest BCUT2D eigenvalue weighted by Crippen LogP contribution is -2.54. The molecule has 190 valence electrons. The smallest absolute Gasteiger partial charge is 0.348 e. The molecule has 0 unspecified atom stereocenters. The van der Waals surface area contributed by atoms with Gasteiger partial charge < -0.3 is 9.80 Å². The van der Waals surface area contributed by atoms with Gasteiger partial charge in [-0.3, -0.25) is 4.79 Å². The van der Waals surface area contributed by atoms with Gasteiger partial charge in [-0.1, -0.05) is 60.7 Å². The number of benzene rings is 3. The molecule has 2 heterocycles. The first-order valence-electron chi connectivity index (χ1n) is 11.9. The fourth-order valence-corrected chi connectivity index (χ4v) is 4.85. The molecule has 9 heteroatoms. The predicted octanol–water partition coefficient (Wildman–Crippen LogP) is 5.73. The van der Waals surface area contributed by atoms with Gasteiger partial charge in [0.1, 0.15) is 11.5 Å². The Balaban J connectivity index is 1.36. The number of hydrogen-bond donors (Lipinski definition) is 0. The van der Waals surface area contributed by atoms with Crippen LogP contribution in [0, 0.1) is 5.82 Å². The van der Waals surface area contributed by atoms with Crippen molar-refractivity contribution in [3.63, 3.8) is 0 Å². The fourth-order valence-electron chi connectivity index (χ4n) is 4.85. The Kier molecular flexibility index (Phi) is 6.54. The van der Waals surface area contributed by atoms with E-state index in [4.69, 9.17) is 0 Å². The van der Waals surface area contributed by atoms with E-state index in [0.717, 1.165) is 34.2 Å². The molecule has 0 radical (unpaired) electrons. The molecule has 5 rings (SSSR count). The first-order chi connectivity index (χ1) is 17.7. The zero-order valence-corrected chi connectivity index (χ0v) is 20.0. The number of amides is 1. The fraction of sp³-hybridized carbons (Fsp3) is 0.250. The molecule has 3 aromatic carbocycles. The molecule has 1 aromatic heterocycles. The molecule has 1 aliphatic heterocycles. The highest BCUT2D eigenvalue weighted by Gasteiger charge is 2.35. The van der Waals surface area contributed by atoms with Crippen LogP contribution in [0.1, 0.15) is 18.1 Å². The number of carbonyl (C=O) groups excluding carboxylic acids is 1. The maximum atomic E-state index is 13.4. The van der Waals surface area contributed by atoms with Crippen LogP contribution in [-0.2, 0) is 17.4 Å². The number of nitrogens with zero attached hydrogens (tertiary/aromatic N) is 4. The van der Waals surface area contributed by atoms with E-state index in [-0.39, 0.29) is 11.6 Å². The van der Waals surface area contributed by atoms with Gasteiger partial charge in [0.25, 0.3) is 0 Å². The monoisotopic (exact) mass is 508 g/mol. The Bertz CT molecular complexity index is 1440. The summed E-state index contributed by atoms with van der Waals surface area (Å²) in [6, 6.07) is 19.9. The second-order valence-corrected chi connectivity index (χ2v) is 9.14. The van der Waals surface area contributed by atoms with Crippen LogP contribution in [0.3, 0.4) is 0 Å². The lowest BCUT2D eigenvalue weighted by molar-refractivity contribution is -0.139. The second kappa shape index (κ2) is 9.80. The standard InChI is InChI=1S/C28H24F4N4O/c1-18-17-35(25(37)15-20-11-12-21(29)16-24(20)28(30,31)32)13-14-36(18)27-23-10-6-5-9-22(23)26(33-34-27)19-7-3-2-4-8-19/h2-12,16,18H,13-15,17H2,1H3/t18-/m0/s1. The first kappa shape index (κ1) is 24.7. The van der Waals surface area contributed by atoms with Crippen molar-refractivity contribution >= 4 is 22.5 Å². The van der Waals surface area contributed by atoms with Crippen LogP contribution in [0.15, 0.2) is 72.8 Å². The maximum absolute atomic E-state index is 13.4. The molecule has 1 amide bonds. The molecule has 0 saturated carbocycles. The Hall–Kier alpha value is -4.01. The van der Waals surface area contributed by atoms with Crippen LogP contribution in [0.4, 0.5) is 23.4 Å². The molecule has 1 saturated heterocycles. The van der Waals surface area contributed by atoms with Crippen LogP contribution in [0.25, 0.3) is 22.0 Å². The molecule has 1 fully saturated rings. The van der Waals surface area contributed by atoms with E-state index in [1.807, 2.05) is 61.5 Å². The minimum Gasteiger partial charge on any atom is -0.348 e. The van der Waals surface area contributed by atoms with E-state index >= 15 is 0 Å². The Morgan fingerprint density at radius 1 is 0.946 bits per heavy atom. The van der Waals surface area contributed by atoms with Gasteiger partial charge in [-0.2, -0.15) is 13.2 Å². The quantitative estimate of drug-likeness (QED) is 0.330. The third-order valence-electron chi connectivity index (χ3n) is 6.69. The molecule has 0 bridgehead atoms. The number of alkyl halides is 3. The Labute approximate surface area is 211 Å². The third kappa shape index (κ3) is 4.98. The van der Waals surface area contributed by atoms with Crippen molar-refractivity contribution in [1.29, 1.82) is 0 Å². The highest BCUT2D eigenvalue weighted by molar-refractivity contribution is 6.00. The Morgan fingerprint density at radius 2 is 1.65 bits per heavy atom. The number of aromatic nitrogens is 2. The molecular formula is C28H24F4N4O. The van der Waals surface area contributed by atoms with Crippen molar-refractivity contribution in [2.45, 2.75) is 25.6 Å². The highest BCUT2D eigenvalue weighted by Crippen LogP contribution is 2.34. The molecule has 0 N–H and O–H groups in total. The summed E-state index contributed by atoms with van der Waals surface area (Å²) in [5, 5.41) is 11.0. The summed E-state index contributed by atoms with van der Waals surface area (Å²) in [5.41, 5.74) is 0.386. The first-order valence-corrected chi connectivity index (χ1v) is 11.9. The van der Waals surface area contributed by atoms with Gasteiger partial charge in [0.2, 0.25) is 5.91 Å². The molecule has 5 nitrogen and oxygen atoms in total. The SMILES string of the molecule is C[C@H]1CN(C(=O)Cc2ccc(F)cc2C(F)(F)F)CCN1c1nnc(-c2ccccc2)c2ccccc12. The summed E-state index contributed by atoms with van der Waals surface area (Å²) in [7, 11) is 0. The van der Waals surface area contributed by atoms with E-state index in [0.29, 0.717) is 31.5 Å². The molecule has 37 heavy (non-hydrogen) atoms. The summed E-state index contributed by atoms with van der Waals surface area (Å²) < 4.78 is 53.6.